The first-order valence-corrected chi connectivity index (χ1v) is 7.17. The van der Waals surface area contributed by atoms with Crippen LogP contribution in [0.5, 0.6) is 5.75 Å². The van der Waals surface area contributed by atoms with Crippen LogP contribution in [0.15, 0.2) is 39.5 Å². The van der Waals surface area contributed by atoms with Crippen LogP contribution in [0.25, 0.3) is 11.0 Å². The third-order valence-corrected chi connectivity index (χ3v) is 3.21. The molecule has 0 spiro atoms. The molecular weight excluding hydrogens is 272 g/mol. The Kier molecular flexibility index (Phi) is 3.87. The molecule has 1 aromatic heterocycles. The molecule has 0 radical (unpaired) electrons. The van der Waals surface area contributed by atoms with Crippen molar-refractivity contribution in [2.45, 2.75) is 6.42 Å². The topological polar surface area (TPSA) is 93.8 Å². The average Bonchev–Trinajstić information content (AvgIpc) is 2.33. The molecule has 102 valence electrons. The number of fused-ring (bicyclic) bond motifs is 1. The van der Waals surface area contributed by atoms with Gasteiger partial charge in [0.1, 0.15) is 11.3 Å². The fourth-order valence-electron chi connectivity index (χ4n) is 1.56. The summed E-state index contributed by atoms with van der Waals surface area (Å²) in [4.78, 5) is 11.1. The zero-order valence-electron chi connectivity index (χ0n) is 9.90. The van der Waals surface area contributed by atoms with E-state index in [1.807, 2.05) is 0 Å². The third-order valence-electron chi connectivity index (χ3n) is 2.41. The smallest absolute Gasteiger partial charge is 0.336 e. The zero-order valence-corrected chi connectivity index (χ0v) is 10.7. The summed E-state index contributed by atoms with van der Waals surface area (Å²) in [6.07, 6.45) is 0.176. The SMILES string of the molecule is O=c1ccc2ccc(OCCCS(=O)(=O)O)cc2o1. The molecule has 2 rings (SSSR count). The first-order valence-electron chi connectivity index (χ1n) is 5.56. The number of rotatable bonds is 5. The van der Waals surface area contributed by atoms with Crippen molar-refractivity contribution in [1.29, 1.82) is 0 Å². The predicted octanol–water partition coefficient (Wildman–Crippen LogP) is 1.45. The Hall–Kier alpha value is -1.86. The molecular formula is C12H12O6S. The Labute approximate surface area is 109 Å². The van der Waals surface area contributed by atoms with E-state index in [-0.39, 0.29) is 18.8 Å². The van der Waals surface area contributed by atoms with Crippen molar-refractivity contribution in [1.82, 2.24) is 0 Å². The van der Waals surface area contributed by atoms with Gasteiger partial charge in [-0.05, 0) is 24.6 Å². The summed E-state index contributed by atoms with van der Waals surface area (Å²) < 4.78 is 39.9. The van der Waals surface area contributed by atoms with Crippen LogP contribution in [0.4, 0.5) is 0 Å². The van der Waals surface area contributed by atoms with Gasteiger partial charge in [0, 0.05) is 17.5 Å². The van der Waals surface area contributed by atoms with E-state index in [9.17, 15) is 13.2 Å². The minimum absolute atomic E-state index is 0.141. The van der Waals surface area contributed by atoms with Crippen LogP contribution < -0.4 is 10.4 Å². The largest absolute Gasteiger partial charge is 0.493 e. The quantitative estimate of drug-likeness (QED) is 0.507. The molecule has 1 aromatic carbocycles. The van der Waals surface area contributed by atoms with Crippen molar-refractivity contribution in [3.63, 3.8) is 0 Å². The molecule has 19 heavy (non-hydrogen) atoms. The van der Waals surface area contributed by atoms with Gasteiger partial charge in [-0.2, -0.15) is 8.42 Å². The standard InChI is InChI=1S/C12H12O6S/c13-12-5-3-9-2-4-10(8-11(9)18-12)17-6-1-7-19(14,15)16/h2-5,8H,1,6-7H2,(H,14,15,16). The van der Waals surface area contributed by atoms with Gasteiger partial charge in [-0.3, -0.25) is 4.55 Å². The van der Waals surface area contributed by atoms with Crippen molar-refractivity contribution >= 4 is 21.1 Å². The van der Waals surface area contributed by atoms with Gasteiger partial charge >= 0.3 is 5.63 Å². The van der Waals surface area contributed by atoms with Crippen LogP contribution in [0.1, 0.15) is 6.42 Å². The molecule has 0 aliphatic carbocycles. The highest BCUT2D eigenvalue weighted by atomic mass is 32.2. The maximum atomic E-state index is 11.1. The van der Waals surface area contributed by atoms with E-state index in [1.54, 1.807) is 24.3 Å². The lowest BCUT2D eigenvalue weighted by Crippen LogP contribution is -2.08. The Morgan fingerprint density at radius 3 is 2.68 bits per heavy atom. The summed E-state index contributed by atoms with van der Waals surface area (Å²) in [5, 5.41) is 0.768. The van der Waals surface area contributed by atoms with Gasteiger partial charge < -0.3 is 9.15 Å². The number of hydrogen-bond donors (Lipinski definition) is 1. The van der Waals surface area contributed by atoms with Crippen molar-refractivity contribution in [3.8, 4) is 5.75 Å². The lowest BCUT2D eigenvalue weighted by molar-refractivity contribution is 0.316. The van der Waals surface area contributed by atoms with Crippen LogP contribution >= 0.6 is 0 Å². The first kappa shape index (κ1) is 13.6. The van der Waals surface area contributed by atoms with Gasteiger partial charge in [0.2, 0.25) is 0 Å². The second-order valence-corrected chi connectivity index (χ2v) is 5.51. The molecule has 7 heteroatoms. The molecule has 0 atom stereocenters. The van der Waals surface area contributed by atoms with E-state index in [4.69, 9.17) is 13.7 Å². The molecule has 1 N–H and O–H groups in total. The van der Waals surface area contributed by atoms with Crippen LogP contribution in [-0.4, -0.2) is 25.3 Å². The minimum Gasteiger partial charge on any atom is -0.493 e. The Morgan fingerprint density at radius 1 is 1.21 bits per heavy atom. The molecule has 0 bridgehead atoms. The Morgan fingerprint density at radius 2 is 1.95 bits per heavy atom. The highest BCUT2D eigenvalue weighted by Gasteiger charge is 2.04. The van der Waals surface area contributed by atoms with Gasteiger partial charge in [-0.1, -0.05) is 0 Å². The monoisotopic (exact) mass is 284 g/mol. The minimum atomic E-state index is -3.96. The lowest BCUT2D eigenvalue weighted by Gasteiger charge is -2.05. The van der Waals surface area contributed by atoms with Crippen molar-refractivity contribution in [3.05, 3.63) is 40.8 Å². The van der Waals surface area contributed by atoms with Crippen LogP contribution in [-0.2, 0) is 10.1 Å². The van der Waals surface area contributed by atoms with E-state index < -0.39 is 15.7 Å². The van der Waals surface area contributed by atoms with Gasteiger partial charge in [-0.25, -0.2) is 4.79 Å². The van der Waals surface area contributed by atoms with Crippen LogP contribution in [0.3, 0.4) is 0 Å². The molecule has 0 aliphatic heterocycles. The Balaban J connectivity index is 2.03. The second kappa shape index (κ2) is 5.41. The number of hydrogen-bond acceptors (Lipinski definition) is 5. The lowest BCUT2D eigenvalue weighted by atomic mass is 10.2. The highest BCUT2D eigenvalue weighted by molar-refractivity contribution is 7.85. The molecule has 0 amide bonds. The fourth-order valence-corrected chi connectivity index (χ4v) is 2.04. The molecule has 1 heterocycles. The van der Waals surface area contributed by atoms with E-state index in [0.717, 1.165) is 5.39 Å². The summed E-state index contributed by atoms with van der Waals surface area (Å²) in [5.41, 5.74) is -0.0456. The number of benzene rings is 1. The van der Waals surface area contributed by atoms with Gasteiger partial charge in [0.25, 0.3) is 10.1 Å². The summed E-state index contributed by atoms with van der Waals surface area (Å²) >= 11 is 0. The molecule has 0 saturated carbocycles. The highest BCUT2D eigenvalue weighted by Crippen LogP contribution is 2.19. The summed E-state index contributed by atoms with van der Waals surface area (Å²) in [7, 11) is -3.96. The third kappa shape index (κ3) is 4.08. The van der Waals surface area contributed by atoms with E-state index in [1.165, 1.54) is 6.07 Å². The van der Waals surface area contributed by atoms with E-state index in [2.05, 4.69) is 0 Å². The van der Waals surface area contributed by atoms with Crippen molar-refractivity contribution in [2.24, 2.45) is 0 Å². The maximum absolute atomic E-state index is 11.1. The molecule has 0 fully saturated rings. The normalized spacial score (nSPS) is 11.6. The molecule has 0 unspecified atom stereocenters. The van der Waals surface area contributed by atoms with Gasteiger partial charge in [0.15, 0.2) is 0 Å². The molecule has 0 saturated heterocycles. The van der Waals surface area contributed by atoms with Crippen molar-refractivity contribution < 1.29 is 22.1 Å². The van der Waals surface area contributed by atoms with Crippen LogP contribution in [0.2, 0.25) is 0 Å². The zero-order chi connectivity index (χ0) is 13.9. The second-order valence-electron chi connectivity index (χ2n) is 3.94. The predicted molar refractivity (Wildman–Crippen MR) is 69.0 cm³/mol. The fraction of sp³-hybridized carbons (Fsp3) is 0.250. The summed E-state index contributed by atoms with van der Waals surface area (Å²) in [6.45, 7) is 0.141. The average molecular weight is 284 g/mol. The maximum Gasteiger partial charge on any atom is 0.336 e. The van der Waals surface area contributed by atoms with Crippen LogP contribution in [0, 0.1) is 0 Å². The molecule has 6 nitrogen and oxygen atoms in total. The van der Waals surface area contributed by atoms with Gasteiger partial charge in [0.05, 0.1) is 12.4 Å². The molecule has 0 aliphatic rings. The number of ether oxygens (including phenoxy) is 1. The van der Waals surface area contributed by atoms with Gasteiger partial charge in [-0.15, -0.1) is 0 Å². The molecule has 2 aromatic rings. The Bertz CT molecular complexity index is 731. The first-order chi connectivity index (χ1) is 8.94. The summed E-state index contributed by atoms with van der Waals surface area (Å²) in [5.74, 6) is 0.118. The summed E-state index contributed by atoms with van der Waals surface area (Å²) in [6, 6.07) is 7.95. The van der Waals surface area contributed by atoms with E-state index in [0.29, 0.717) is 11.3 Å². The van der Waals surface area contributed by atoms with Crippen molar-refractivity contribution in [2.75, 3.05) is 12.4 Å². The van der Waals surface area contributed by atoms with E-state index >= 15 is 0 Å².